The quantitative estimate of drug-likeness (QED) is 0.707. The summed E-state index contributed by atoms with van der Waals surface area (Å²) < 4.78 is 16.2. The molecule has 0 saturated carbocycles. The molecule has 0 fully saturated rings. The van der Waals surface area contributed by atoms with Crippen molar-refractivity contribution < 1.29 is 14.2 Å². The zero-order valence-electron chi connectivity index (χ0n) is 12.9. The summed E-state index contributed by atoms with van der Waals surface area (Å²) in [7, 11) is 4.86. The summed E-state index contributed by atoms with van der Waals surface area (Å²) in [6, 6.07) is 18.6. The van der Waals surface area contributed by atoms with Crippen LogP contribution in [0.5, 0.6) is 17.2 Å². The van der Waals surface area contributed by atoms with Crippen LogP contribution in [-0.4, -0.2) is 21.3 Å². The second kappa shape index (κ2) is 5.98. The predicted octanol–water partition coefficient (Wildman–Crippen LogP) is 4.53. The van der Waals surface area contributed by atoms with Gasteiger partial charge in [0.2, 0.25) is 5.75 Å². The van der Waals surface area contributed by atoms with Crippen molar-refractivity contribution in [2.24, 2.45) is 0 Å². The minimum absolute atomic E-state index is 0.606. The predicted molar refractivity (Wildman–Crippen MR) is 89.0 cm³/mol. The zero-order valence-corrected chi connectivity index (χ0v) is 12.9. The Bertz CT molecular complexity index is 784. The van der Waals surface area contributed by atoms with Crippen LogP contribution in [0.25, 0.3) is 21.9 Å². The van der Waals surface area contributed by atoms with Crippen LogP contribution >= 0.6 is 0 Å². The van der Waals surface area contributed by atoms with Gasteiger partial charge in [-0.2, -0.15) is 0 Å². The standard InChI is InChI=1S/C19H18O3/c1-20-17-11-16(12-18(21-2)19(17)22-3)15-9-8-13-6-4-5-7-14(13)10-15/h4-12H,1-3H3. The van der Waals surface area contributed by atoms with Gasteiger partial charge in [-0.05, 0) is 40.1 Å². The number of fused-ring (bicyclic) bond motifs is 1. The van der Waals surface area contributed by atoms with Crippen LogP contribution in [-0.2, 0) is 0 Å². The van der Waals surface area contributed by atoms with E-state index in [0.29, 0.717) is 17.2 Å². The lowest BCUT2D eigenvalue weighted by Crippen LogP contribution is -1.95. The van der Waals surface area contributed by atoms with E-state index in [9.17, 15) is 0 Å². The van der Waals surface area contributed by atoms with Gasteiger partial charge in [0, 0.05) is 0 Å². The normalized spacial score (nSPS) is 10.5. The van der Waals surface area contributed by atoms with Crippen LogP contribution in [0.3, 0.4) is 0 Å². The lowest BCUT2D eigenvalue weighted by molar-refractivity contribution is 0.324. The van der Waals surface area contributed by atoms with Crippen molar-refractivity contribution in [3.05, 3.63) is 54.6 Å². The Morgan fingerprint density at radius 1 is 0.591 bits per heavy atom. The summed E-state index contributed by atoms with van der Waals surface area (Å²) in [5, 5.41) is 2.42. The van der Waals surface area contributed by atoms with E-state index in [0.717, 1.165) is 11.1 Å². The van der Waals surface area contributed by atoms with Gasteiger partial charge in [-0.15, -0.1) is 0 Å². The molecule has 22 heavy (non-hydrogen) atoms. The fourth-order valence-electron chi connectivity index (χ4n) is 2.62. The Balaban J connectivity index is 2.17. The summed E-state index contributed by atoms with van der Waals surface area (Å²) in [6.07, 6.45) is 0. The molecule has 0 aliphatic heterocycles. The molecule has 3 heteroatoms. The maximum Gasteiger partial charge on any atom is 0.203 e. The summed E-state index contributed by atoms with van der Waals surface area (Å²) in [5.41, 5.74) is 2.14. The number of rotatable bonds is 4. The Kier molecular flexibility index (Phi) is 3.88. The van der Waals surface area contributed by atoms with Crippen molar-refractivity contribution in [1.82, 2.24) is 0 Å². The van der Waals surface area contributed by atoms with E-state index in [1.54, 1.807) is 21.3 Å². The first kappa shape index (κ1) is 14.3. The Morgan fingerprint density at radius 2 is 1.23 bits per heavy atom. The molecule has 0 heterocycles. The number of methoxy groups -OCH3 is 3. The first-order valence-electron chi connectivity index (χ1n) is 7.06. The maximum absolute atomic E-state index is 5.42. The third-order valence-corrected chi connectivity index (χ3v) is 3.75. The van der Waals surface area contributed by atoms with Gasteiger partial charge >= 0.3 is 0 Å². The molecule has 0 unspecified atom stereocenters. The van der Waals surface area contributed by atoms with E-state index in [1.807, 2.05) is 24.3 Å². The topological polar surface area (TPSA) is 27.7 Å². The summed E-state index contributed by atoms with van der Waals surface area (Å²) in [6.45, 7) is 0. The van der Waals surface area contributed by atoms with Crippen LogP contribution < -0.4 is 14.2 Å². The minimum Gasteiger partial charge on any atom is -0.493 e. The molecule has 3 nitrogen and oxygen atoms in total. The van der Waals surface area contributed by atoms with Crippen molar-refractivity contribution in [3.63, 3.8) is 0 Å². The van der Waals surface area contributed by atoms with Gasteiger partial charge in [-0.3, -0.25) is 0 Å². The molecule has 0 radical (unpaired) electrons. The maximum atomic E-state index is 5.42. The molecule has 3 rings (SSSR count). The second-order valence-electron chi connectivity index (χ2n) is 4.98. The van der Waals surface area contributed by atoms with Gasteiger partial charge in [0.15, 0.2) is 11.5 Å². The summed E-state index contributed by atoms with van der Waals surface area (Å²) >= 11 is 0. The van der Waals surface area contributed by atoms with Gasteiger partial charge in [0.05, 0.1) is 21.3 Å². The molecule has 0 spiro atoms. The third kappa shape index (κ3) is 2.46. The largest absolute Gasteiger partial charge is 0.493 e. The highest BCUT2D eigenvalue weighted by Crippen LogP contribution is 2.41. The molecule has 0 aliphatic rings. The van der Waals surface area contributed by atoms with Gasteiger partial charge in [0.25, 0.3) is 0 Å². The number of ether oxygens (including phenoxy) is 3. The molecule has 0 saturated heterocycles. The number of hydrogen-bond acceptors (Lipinski definition) is 3. The smallest absolute Gasteiger partial charge is 0.203 e. The fraction of sp³-hybridized carbons (Fsp3) is 0.158. The van der Waals surface area contributed by atoms with Crippen molar-refractivity contribution in [3.8, 4) is 28.4 Å². The van der Waals surface area contributed by atoms with Gasteiger partial charge < -0.3 is 14.2 Å². The molecule has 0 N–H and O–H groups in total. The van der Waals surface area contributed by atoms with Crippen LogP contribution in [0.1, 0.15) is 0 Å². The fourth-order valence-corrected chi connectivity index (χ4v) is 2.62. The minimum atomic E-state index is 0.606. The SMILES string of the molecule is COc1cc(-c2ccc3ccccc3c2)cc(OC)c1OC. The molecule has 0 aliphatic carbocycles. The third-order valence-electron chi connectivity index (χ3n) is 3.75. The Hall–Kier alpha value is -2.68. The number of benzene rings is 3. The monoisotopic (exact) mass is 294 g/mol. The van der Waals surface area contributed by atoms with Crippen molar-refractivity contribution >= 4 is 10.8 Å². The van der Waals surface area contributed by atoms with Gasteiger partial charge in [-0.25, -0.2) is 0 Å². The highest BCUT2D eigenvalue weighted by Gasteiger charge is 2.14. The first-order chi connectivity index (χ1) is 10.8. The molecule has 0 bridgehead atoms. The Labute approximate surface area is 130 Å². The van der Waals surface area contributed by atoms with E-state index in [2.05, 4.69) is 30.3 Å². The van der Waals surface area contributed by atoms with E-state index in [1.165, 1.54) is 10.8 Å². The molecule has 0 amide bonds. The van der Waals surface area contributed by atoms with E-state index >= 15 is 0 Å². The van der Waals surface area contributed by atoms with Gasteiger partial charge in [0.1, 0.15) is 0 Å². The molecule has 0 atom stereocenters. The van der Waals surface area contributed by atoms with Crippen LogP contribution in [0, 0.1) is 0 Å². The highest BCUT2D eigenvalue weighted by molar-refractivity contribution is 5.87. The average molecular weight is 294 g/mol. The number of hydrogen-bond donors (Lipinski definition) is 0. The van der Waals surface area contributed by atoms with E-state index in [-0.39, 0.29) is 0 Å². The molecule has 3 aromatic carbocycles. The van der Waals surface area contributed by atoms with Crippen molar-refractivity contribution in [1.29, 1.82) is 0 Å². The lowest BCUT2D eigenvalue weighted by atomic mass is 10.0. The second-order valence-corrected chi connectivity index (χ2v) is 4.98. The van der Waals surface area contributed by atoms with E-state index < -0.39 is 0 Å². The molecule has 3 aromatic rings. The van der Waals surface area contributed by atoms with Gasteiger partial charge in [-0.1, -0.05) is 36.4 Å². The average Bonchev–Trinajstić information content (AvgIpc) is 2.59. The molecule has 112 valence electrons. The van der Waals surface area contributed by atoms with E-state index in [4.69, 9.17) is 14.2 Å². The Morgan fingerprint density at radius 3 is 1.82 bits per heavy atom. The molecular weight excluding hydrogens is 276 g/mol. The molecule has 0 aromatic heterocycles. The summed E-state index contributed by atoms with van der Waals surface area (Å²) in [4.78, 5) is 0. The van der Waals surface area contributed by atoms with Crippen LogP contribution in [0.4, 0.5) is 0 Å². The van der Waals surface area contributed by atoms with Crippen molar-refractivity contribution in [2.45, 2.75) is 0 Å². The molecular formula is C19H18O3. The summed E-state index contributed by atoms with van der Waals surface area (Å²) in [5.74, 6) is 1.92. The lowest BCUT2D eigenvalue weighted by Gasteiger charge is -2.14. The van der Waals surface area contributed by atoms with Crippen LogP contribution in [0.2, 0.25) is 0 Å². The van der Waals surface area contributed by atoms with Crippen molar-refractivity contribution in [2.75, 3.05) is 21.3 Å². The van der Waals surface area contributed by atoms with Crippen LogP contribution in [0.15, 0.2) is 54.6 Å². The zero-order chi connectivity index (χ0) is 15.5. The highest BCUT2D eigenvalue weighted by atomic mass is 16.5. The first-order valence-corrected chi connectivity index (χ1v) is 7.06.